The number of carbonyl (C=O) groups excluding carboxylic acids is 2. The fourth-order valence-electron chi connectivity index (χ4n) is 2.52. The van der Waals surface area contributed by atoms with Gasteiger partial charge in [-0.15, -0.1) is 0 Å². The Morgan fingerprint density at radius 1 is 1.00 bits per heavy atom. The van der Waals surface area contributed by atoms with Crippen molar-refractivity contribution in [2.75, 3.05) is 0 Å². The van der Waals surface area contributed by atoms with E-state index in [2.05, 4.69) is 5.10 Å². The minimum atomic E-state index is -1.00. The van der Waals surface area contributed by atoms with Crippen LogP contribution in [0.4, 0.5) is 0 Å². The number of carbonyl (C=O) groups is 2. The molecule has 0 saturated heterocycles. The van der Waals surface area contributed by atoms with Gasteiger partial charge in [0.25, 0.3) is 0 Å². The van der Waals surface area contributed by atoms with E-state index in [1.165, 1.54) is 6.20 Å². The summed E-state index contributed by atoms with van der Waals surface area (Å²) in [5, 5.41) is 4.05. The lowest BCUT2D eigenvalue weighted by Gasteiger charge is -2.17. The Morgan fingerprint density at radius 2 is 1.60 bits per heavy atom. The Hall–Kier alpha value is -3.21. The van der Waals surface area contributed by atoms with Gasteiger partial charge in [0.05, 0.1) is 6.20 Å². The van der Waals surface area contributed by atoms with Gasteiger partial charge in [-0.1, -0.05) is 60.7 Å². The first-order chi connectivity index (χ1) is 12.1. The van der Waals surface area contributed by atoms with Gasteiger partial charge in [0.2, 0.25) is 5.78 Å². The first kappa shape index (κ1) is 16.6. The van der Waals surface area contributed by atoms with Gasteiger partial charge in [0.1, 0.15) is 5.56 Å². The third-order valence-electron chi connectivity index (χ3n) is 4.08. The van der Waals surface area contributed by atoms with Crippen molar-refractivity contribution in [3.05, 3.63) is 89.2 Å². The van der Waals surface area contributed by atoms with Gasteiger partial charge >= 0.3 is 5.97 Å². The standard InChI is InChI=1S/C20H18N2O3/c1-14-17(13-21-22(14)2)20(24)25-19(16-11-7-4-8-12-16)18(23)15-9-5-3-6-10-15/h3-13,19H,1-2H3/t19-/m1/s1. The second kappa shape index (κ2) is 7.13. The van der Waals surface area contributed by atoms with Gasteiger partial charge in [-0.3, -0.25) is 9.48 Å². The molecule has 0 unspecified atom stereocenters. The van der Waals surface area contributed by atoms with E-state index in [0.29, 0.717) is 22.4 Å². The summed E-state index contributed by atoms with van der Waals surface area (Å²) in [6.45, 7) is 1.78. The van der Waals surface area contributed by atoms with E-state index in [1.54, 1.807) is 55.1 Å². The van der Waals surface area contributed by atoms with Gasteiger partial charge in [-0.2, -0.15) is 5.10 Å². The highest BCUT2D eigenvalue weighted by Crippen LogP contribution is 2.24. The fourth-order valence-corrected chi connectivity index (χ4v) is 2.52. The van der Waals surface area contributed by atoms with Crippen LogP contribution in [0.25, 0.3) is 0 Å². The van der Waals surface area contributed by atoms with Crippen molar-refractivity contribution in [3.8, 4) is 0 Å². The van der Waals surface area contributed by atoms with Crippen LogP contribution in [-0.2, 0) is 11.8 Å². The normalized spacial score (nSPS) is 11.8. The van der Waals surface area contributed by atoms with Crippen LogP contribution in [0.1, 0.15) is 38.1 Å². The largest absolute Gasteiger partial charge is 0.445 e. The molecule has 25 heavy (non-hydrogen) atoms. The molecule has 126 valence electrons. The highest BCUT2D eigenvalue weighted by atomic mass is 16.5. The molecule has 2 aromatic carbocycles. The first-order valence-electron chi connectivity index (χ1n) is 7.91. The number of rotatable bonds is 5. The molecule has 0 N–H and O–H groups in total. The SMILES string of the molecule is Cc1c(C(=O)O[C@@H](C(=O)c2ccccc2)c2ccccc2)cnn1C. The third-order valence-corrected chi connectivity index (χ3v) is 4.08. The number of nitrogens with zero attached hydrogens (tertiary/aromatic N) is 2. The van der Waals surface area contributed by atoms with Crippen LogP contribution in [0, 0.1) is 6.92 Å². The number of esters is 1. The van der Waals surface area contributed by atoms with Crippen molar-refractivity contribution >= 4 is 11.8 Å². The summed E-state index contributed by atoms with van der Waals surface area (Å²) in [6, 6.07) is 17.8. The molecular formula is C20H18N2O3. The molecule has 5 nitrogen and oxygen atoms in total. The minimum Gasteiger partial charge on any atom is -0.445 e. The quantitative estimate of drug-likeness (QED) is 0.529. The topological polar surface area (TPSA) is 61.2 Å². The molecule has 0 fully saturated rings. The zero-order valence-electron chi connectivity index (χ0n) is 14.0. The molecule has 0 aliphatic heterocycles. The lowest BCUT2D eigenvalue weighted by Crippen LogP contribution is -2.20. The van der Waals surface area contributed by atoms with Crippen molar-refractivity contribution in [1.82, 2.24) is 9.78 Å². The van der Waals surface area contributed by atoms with Gasteiger partial charge in [-0.05, 0) is 6.92 Å². The fraction of sp³-hybridized carbons (Fsp3) is 0.150. The highest BCUT2D eigenvalue weighted by molar-refractivity contribution is 6.02. The van der Waals surface area contributed by atoms with E-state index in [9.17, 15) is 9.59 Å². The molecule has 3 rings (SSSR count). The monoisotopic (exact) mass is 334 g/mol. The maximum absolute atomic E-state index is 12.9. The van der Waals surface area contributed by atoms with Crippen molar-refractivity contribution in [1.29, 1.82) is 0 Å². The summed E-state index contributed by atoms with van der Waals surface area (Å²) in [4.78, 5) is 25.5. The van der Waals surface area contributed by atoms with Crippen LogP contribution in [0.3, 0.4) is 0 Å². The molecule has 0 aliphatic carbocycles. The van der Waals surface area contributed by atoms with Crippen LogP contribution in [0.2, 0.25) is 0 Å². The Balaban J connectivity index is 1.93. The summed E-state index contributed by atoms with van der Waals surface area (Å²) in [5.74, 6) is -0.828. The van der Waals surface area contributed by atoms with Crippen LogP contribution in [-0.4, -0.2) is 21.5 Å². The van der Waals surface area contributed by atoms with Crippen LogP contribution >= 0.6 is 0 Å². The maximum Gasteiger partial charge on any atom is 0.342 e. The molecule has 1 heterocycles. The van der Waals surface area contributed by atoms with Crippen LogP contribution in [0.5, 0.6) is 0 Å². The summed E-state index contributed by atoms with van der Waals surface area (Å²) in [7, 11) is 1.75. The lowest BCUT2D eigenvalue weighted by atomic mass is 10.00. The Kier molecular flexibility index (Phi) is 4.75. The lowest BCUT2D eigenvalue weighted by molar-refractivity contribution is 0.0279. The number of hydrogen-bond donors (Lipinski definition) is 0. The third kappa shape index (κ3) is 3.50. The molecule has 0 amide bonds. The highest BCUT2D eigenvalue weighted by Gasteiger charge is 2.27. The van der Waals surface area contributed by atoms with E-state index in [1.807, 2.05) is 24.3 Å². The van der Waals surface area contributed by atoms with Gasteiger partial charge in [0, 0.05) is 23.9 Å². The molecule has 3 aromatic rings. The molecular weight excluding hydrogens is 316 g/mol. The molecule has 0 spiro atoms. The number of aryl methyl sites for hydroxylation is 1. The van der Waals surface area contributed by atoms with Gasteiger partial charge in [-0.25, -0.2) is 4.79 Å². The average molecular weight is 334 g/mol. The number of aromatic nitrogens is 2. The van der Waals surface area contributed by atoms with Crippen molar-refractivity contribution in [2.45, 2.75) is 13.0 Å². The molecule has 1 aromatic heterocycles. The predicted molar refractivity (Wildman–Crippen MR) is 93.3 cm³/mol. The minimum absolute atomic E-state index is 0.262. The second-order valence-corrected chi connectivity index (χ2v) is 5.69. The molecule has 0 bridgehead atoms. The summed E-state index contributed by atoms with van der Waals surface area (Å²) < 4.78 is 7.18. The molecule has 5 heteroatoms. The molecule has 0 saturated carbocycles. The van der Waals surface area contributed by atoms with E-state index in [-0.39, 0.29) is 5.78 Å². The van der Waals surface area contributed by atoms with Crippen molar-refractivity contribution in [3.63, 3.8) is 0 Å². The van der Waals surface area contributed by atoms with Crippen molar-refractivity contribution < 1.29 is 14.3 Å². The predicted octanol–water partition coefficient (Wildman–Crippen LogP) is 3.51. The number of ketones is 1. The zero-order valence-corrected chi connectivity index (χ0v) is 14.0. The Bertz CT molecular complexity index is 886. The number of hydrogen-bond acceptors (Lipinski definition) is 4. The molecule has 1 atom stereocenters. The Labute approximate surface area is 145 Å². The average Bonchev–Trinajstić information content (AvgIpc) is 2.99. The van der Waals surface area contributed by atoms with E-state index >= 15 is 0 Å². The summed E-state index contributed by atoms with van der Waals surface area (Å²) in [6.07, 6.45) is 0.447. The summed E-state index contributed by atoms with van der Waals surface area (Å²) in [5.41, 5.74) is 2.16. The zero-order chi connectivity index (χ0) is 17.8. The van der Waals surface area contributed by atoms with Crippen LogP contribution < -0.4 is 0 Å². The first-order valence-corrected chi connectivity index (χ1v) is 7.91. The maximum atomic E-state index is 12.9. The molecule has 0 aliphatic rings. The van der Waals surface area contributed by atoms with E-state index in [4.69, 9.17) is 4.74 Å². The smallest absolute Gasteiger partial charge is 0.342 e. The van der Waals surface area contributed by atoms with Crippen LogP contribution in [0.15, 0.2) is 66.9 Å². The Morgan fingerprint density at radius 3 is 2.16 bits per heavy atom. The van der Waals surface area contributed by atoms with E-state index < -0.39 is 12.1 Å². The number of Topliss-reactive ketones (excluding diaryl/α,β-unsaturated/α-hetero) is 1. The summed E-state index contributed by atoms with van der Waals surface area (Å²) >= 11 is 0. The molecule has 0 radical (unpaired) electrons. The second-order valence-electron chi connectivity index (χ2n) is 5.69. The van der Waals surface area contributed by atoms with Gasteiger partial charge in [0.15, 0.2) is 6.10 Å². The van der Waals surface area contributed by atoms with E-state index in [0.717, 1.165) is 0 Å². The van der Waals surface area contributed by atoms with Crippen molar-refractivity contribution in [2.24, 2.45) is 7.05 Å². The number of ether oxygens (including phenoxy) is 1. The number of benzene rings is 2. The van der Waals surface area contributed by atoms with Gasteiger partial charge < -0.3 is 4.74 Å².